The van der Waals surface area contributed by atoms with Gasteiger partial charge in [-0.05, 0) is 35.4 Å². The Morgan fingerprint density at radius 2 is 1.85 bits per heavy atom. The van der Waals surface area contributed by atoms with Crippen LogP contribution in [0.5, 0.6) is 0 Å². The fraction of sp³-hybridized carbons (Fsp3) is 0.200. The molecule has 1 aliphatic heterocycles. The Bertz CT molecular complexity index is 868. The van der Waals surface area contributed by atoms with E-state index in [1.54, 1.807) is 42.4 Å². The third kappa shape index (κ3) is 4.57. The Labute approximate surface area is 155 Å². The summed E-state index contributed by atoms with van der Waals surface area (Å²) in [7, 11) is 1.69. The van der Waals surface area contributed by atoms with Gasteiger partial charge in [0.2, 0.25) is 5.91 Å². The lowest BCUT2D eigenvalue weighted by Crippen LogP contribution is -2.51. The summed E-state index contributed by atoms with van der Waals surface area (Å²) in [6.45, 7) is -0.00769. The van der Waals surface area contributed by atoms with Gasteiger partial charge in [-0.3, -0.25) is 14.6 Å². The first-order chi connectivity index (χ1) is 12.9. The summed E-state index contributed by atoms with van der Waals surface area (Å²) in [6.07, 6.45) is 3.10. The molecule has 0 bridgehead atoms. The molecule has 1 heterocycles. The van der Waals surface area contributed by atoms with E-state index < -0.39 is 0 Å². The van der Waals surface area contributed by atoms with Gasteiger partial charge in [-0.1, -0.05) is 30.3 Å². The number of rotatable bonds is 5. The molecule has 0 fully saturated rings. The van der Waals surface area contributed by atoms with Crippen molar-refractivity contribution in [2.24, 2.45) is 0 Å². The van der Waals surface area contributed by atoms with E-state index in [2.05, 4.69) is 5.32 Å². The smallest absolute Gasteiger partial charge is 0.261 e. The summed E-state index contributed by atoms with van der Waals surface area (Å²) in [4.78, 5) is 24.4. The molecule has 5 nitrogen and oxygen atoms in total. The van der Waals surface area contributed by atoms with Crippen LogP contribution >= 0.6 is 0 Å². The lowest BCUT2D eigenvalue weighted by molar-refractivity contribution is -0.151. The van der Waals surface area contributed by atoms with Crippen LogP contribution in [0.1, 0.15) is 17.2 Å². The van der Waals surface area contributed by atoms with Crippen molar-refractivity contribution in [3.8, 4) is 0 Å². The summed E-state index contributed by atoms with van der Waals surface area (Å²) in [5, 5.41) is 5.63. The molecule has 2 aromatic rings. The van der Waals surface area contributed by atoms with Gasteiger partial charge in [0, 0.05) is 19.7 Å². The monoisotopic (exact) mass is 371 g/mol. The van der Waals surface area contributed by atoms with E-state index in [1.165, 1.54) is 35.4 Å². The molecule has 0 spiro atoms. The largest absolute Gasteiger partial charge is 0.350 e. The fourth-order valence-electron chi connectivity index (χ4n) is 2.91. The van der Waals surface area contributed by atoms with Gasteiger partial charge in [-0.2, -0.15) is 0 Å². The van der Waals surface area contributed by atoms with Gasteiger partial charge in [-0.15, -0.1) is 0 Å². The first kappa shape index (κ1) is 18.7. The van der Waals surface area contributed by atoms with Gasteiger partial charge in [0.1, 0.15) is 18.2 Å². The van der Waals surface area contributed by atoms with Gasteiger partial charge >= 0.3 is 0 Å². The Hall–Kier alpha value is -3.06. The van der Waals surface area contributed by atoms with Crippen molar-refractivity contribution in [1.29, 1.82) is 0 Å². The first-order valence-electron chi connectivity index (χ1n) is 8.43. The quantitative estimate of drug-likeness (QED) is 0.879. The highest BCUT2D eigenvalue weighted by molar-refractivity contribution is 5.91. The average molecular weight is 371 g/mol. The predicted octanol–water partition coefficient (Wildman–Crippen LogP) is 2.57. The van der Waals surface area contributed by atoms with Crippen LogP contribution in [0.4, 0.5) is 8.78 Å². The van der Waals surface area contributed by atoms with Crippen molar-refractivity contribution < 1.29 is 18.4 Å². The number of halogens is 2. The van der Waals surface area contributed by atoms with Gasteiger partial charge in [0.15, 0.2) is 0 Å². The minimum atomic E-state index is -0.375. The zero-order valence-corrected chi connectivity index (χ0v) is 14.7. The molecule has 1 aliphatic rings. The Balaban J connectivity index is 1.64. The molecular formula is C20H19F2N3O2. The third-order valence-corrected chi connectivity index (χ3v) is 4.34. The first-order valence-corrected chi connectivity index (χ1v) is 8.43. The van der Waals surface area contributed by atoms with Crippen LogP contribution in [0.2, 0.25) is 0 Å². The van der Waals surface area contributed by atoms with Crippen LogP contribution in [-0.2, 0) is 16.1 Å². The number of benzene rings is 2. The van der Waals surface area contributed by atoms with E-state index >= 15 is 0 Å². The maximum Gasteiger partial charge on any atom is 0.261 e. The SMILES string of the molecule is CN1C(c2ccc(F)cc2)C=CC(=O)N1CC(=O)NCc1cccc(F)c1. The molecule has 0 saturated carbocycles. The van der Waals surface area contributed by atoms with E-state index in [0.29, 0.717) is 5.56 Å². The lowest BCUT2D eigenvalue weighted by atomic mass is 10.0. The second-order valence-corrected chi connectivity index (χ2v) is 6.23. The number of hydrazine groups is 1. The Kier molecular flexibility index (Phi) is 5.61. The molecule has 3 rings (SSSR count). The zero-order chi connectivity index (χ0) is 19.4. The zero-order valence-electron chi connectivity index (χ0n) is 14.7. The normalized spacial score (nSPS) is 17.2. The van der Waals surface area contributed by atoms with E-state index in [-0.39, 0.29) is 42.6 Å². The number of hydrogen-bond donors (Lipinski definition) is 1. The molecule has 0 aliphatic carbocycles. The average Bonchev–Trinajstić information content (AvgIpc) is 2.65. The van der Waals surface area contributed by atoms with Crippen LogP contribution in [0.25, 0.3) is 0 Å². The van der Waals surface area contributed by atoms with E-state index in [0.717, 1.165) is 5.56 Å². The van der Waals surface area contributed by atoms with Gasteiger partial charge in [0.05, 0.1) is 6.04 Å². The van der Waals surface area contributed by atoms with Crippen molar-refractivity contribution in [1.82, 2.24) is 15.3 Å². The van der Waals surface area contributed by atoms with Gasteiger partial charge in [-0.25, -0.2) is 13.8 Å². The molecule has 27 heavy (non-hydrogen) atoms. The molecular weight excluding hydrogens is 352 g/mol. The summed E-state index contributed by atoms with van der Waals surface area (Å²) in [6, 6.07) is 11.6. The molecule has 0 saturated heterocycles. The van der Waals surface area contributed by atoms with Crippen LogP contribution in [0, 0.1) is 11.6 Å². The highest BCUT2D eigenvalue weighted by Crippen LogP contribution is 2.26. The highest BCUT2D eigenvalue weighted by Gasteiger charge is 2.29. The number of amides is 2. The van der Waals surface area contributed by atoms with Crippen molar-refractivity contribution in [3.63, 3.8) is 0 Å². The molecule has 0 radical (unpaired) electrons. The topological polar surface area (TPSA) is 52.7 Å². The summed E-state index contributed by atoms with van der Waals surface area (Å²) in [5.74, 6) is -1.41. The Morgan fingerprint density at radius 3 is 2.56 bits per heavy atom. The molecule has 1 unspecified atom stereocenters. The number of carbonyl (C=O) groups is 2. The maximum absolute atomic E-state index is 13.2. The number of likely N-dealkylation sites (N-methyl/N-ethyl adjacent to an activating group) is 1. The van der Waals surface area contributed by atoms with Crippen LogP contribution < -0.4 is 5.32 Å². The van der Waals surface area contributed by atoms with Crippen molar-refractivity contribution in [3.05, 3.63) is 83.4 Å². The lowest BCUT2D eigenvalue weighted by Gasteiger charge is -2.38. The van der Waals surface area contributed by atoms with Crippen LogP contribution in [0.3, 0.4) is 0 Å². The van der Waals surface area contributed by atoms with Gasteiger partial charge < -0.3 is 5.32 Å². The number of hydrogen-bond acceptors (Lipinski definition) is 3. The predicted molar refractivity (Wildman–Crippen MR) is 96.0 cm³/mol. The van der Waals surface area contributed by atoms with Crippen molar-refractivity contribution in [2.45, 2.75) is 12.6 Å². The van der Waals surface area contributed by atoms with Gasteiger partial charge in [0.25, 0.3) is 5.91 Å². The molecule has 2 amide bonds. The molecule has 1 atom stereocenters. The minimum Gasteiger partial charge on any atom is -0.350 e. The number of nitrogens with one attached hydrogen (secondary N) is 1. The fourth-order valence-corrected chi connectivity index (χ4v) is 2.91. The third-order valence-electron chi connectivity index (χ3n) is 4.34. The molecule has 140 valence electrons. The van der Waals surface area contributed by atoms with Crippen LogP contribution in [0.15, 0.2) is 60.7 Å². The summed E-state index contributed by atoms with van der Waals surface area (Å²) in [5.41, 5.74) is 1.43. The highest BCUT2D eigenvalue weighted by atomic mass is 19.1. The number of nitrogens with zero attached hydrogens (tertiary/aromatic N) is 2. The van der Waals surface area contributed by atoms with E-state index in [4.69, 9.17) is 0 Å². The summed E-state index contributed by atoms with van der Waals surface area (Å²) < 4.78 is 26.3. The number of carbonyl (C=O) groups excluding carboxylic acids is 2. The minimum absolute atomic E-state index is 0.166. The Morgan fingerprint density at radius 1 is 1.11 bits per heavy atom. The van der Waals surface area contributed by atoms with E-state index in [1.807, 2.05) is 0 Å². The molecule has 7 heteroatoms. The summed E-state index contributed by atoms with van der Waals surface area (Å²) >= 11 is 0. The molecule has 2 aromatic carbocycles. The van der Waals surface area contributed by atoms with Crippen molar-refractivity contribution in [2.75, 3.05) is 13.6 Å². The van der Waals surface area contributed by atoms with Crippen LogP contribution in [-0.4, -0.2) is 35.4 Å². The van der Waals surface area contributed by atoms with E-state index in [9.17, 15) is 18.4 Å². The maximum atomic E-state index is 13.2. The molecule has 0 aromatic heterocycles. The second kappa shape index (κ2) is 8.09. The van der Waals surface area contributed by atoms with Crippen molar-refractivity contribution >= 4 is 11.8 Å². The standard InChI is InChI=1S/C20H19F2N3O2/c1-24-18(15-5-7-16(21)8-6-15)9-10-20(27)25(24)13-19(26)23-12-14-3-2-4-17(22)11-14/h2-11,18H,12-13H2,1H3,(H,23,26). The second-order valence-electron chi connectivity index (χ2n) is 6.23. The molecule has 1 N–H and O–H groups in total.